The molecule has 0 heterocycles. The minimum absolute atomic E-state index is 0.453. The van der Waals surface area contributed by atoms with E-state index in [1.54, 1.807) is 0 Å². The minimum atomic E-state index is -4.31. The highest BCUT2D eigenvalue weighted by atomic mass is 31.2. The lowest BCUT2D eigenvalue weighted by Gasteiger charge is -2.07. The maximum absolute atomic E-state index is 10.3. The Morgan fingerprint density at radius 3 is 2.46 bits per heavy atom. The third-order valence-electron chi connectivity index (χ3n) is 0.735. The monoisotopic (exact) mass is 253 g/mol. The van der Waals surface area contributed by atoms with Crippen molar-refractivity contribution in [3.8, 4) is 0 Å². The van der Waals surface area contributed by atoms with Crippen LogP contribution in [-0.4, -0.2) is 37.1 Å². The highest BCUT2D eigenvalue weighted by Crippen LogP contribution is 2.52. The predicted molar refractivity (Wildman–Crippen MR) is 47.6 cm³/mol. The molecule has 0 saturated carbocycles. The Morgan fingerprint density at radius 1 is 1.54 bits per heavy atom. The Bertz CT molecular complexity index is 224. The lowest BCUT2D eigenvalue weighted by atomic mass is 11.7. The second kappa shape index (κ2) is 6.19. The summed E-state index contributed by atoms with van der Waals surface area (Å²) >= 11 is 0. The molecule has 0 saturated heterocycles. The molecule has 8 nitrogen and oxygen atoms in total. The van der Waals surface area contributed by atoms with Crippen molar-refractivity contribution in [2.45, 2.75) is 0 Å². The third kappa shape index (κ3) is 8.97. The van der Waals surface area contributed by atoms with Crippen molar-refractivity contribution in [3.63, 3.8) is 0 Å². The van der Waals surface area contributed by atoms with E-state index in [4.69, 9.17) is 24.8 Å². The van der Waals surface area contributed by atoms with Gasteiger partial charge in [-0.05, 0) is 0 Å². The van der Waals surface area contributed by atoms with Crippen LogP contribution in [0.4, 0.5) is 0 Å². The largest absolute Gasteiger partial charge is 0.359 e. The van der Waals surface area contributed by atoms with Gasteiger partial charge in [-0.1, -0.05) is 0 Å². The SMILES string of the molecule is O=P(O)(O)CP(O)/N=[PH](/O)COO. The molecular formula is C2H10NO7P3. The lowest BCUT2D eigenvalue weighted by Crippen LogP contribution is -1.84. The van der Waals surface area contributed by atoms with Crippen LogP contribution in [0.3, 0.4) is 0 Å². The fraction of sp³-hybridized carbons (Fsp3) is 1.00. The minimum Gasteiger partial charge on any atom is -0.359 e. The Kier molecular flexibility index (Phi) is 6.50. The summed E-state index contributed by atoms with van der Waals surface area (Å²) in [4.78, 5) is 38.1. The molecule has 0 rings (SSSR count). The highest BCUT2D eigenvalue weighted by Gasteiger charge is 2.19. The molecule has 0 aliphatic carbocycles. The molecule has 11 heteroatoms. The molecule has 0 bridgehead atoms. The van der Waals surface area contributed by atoms with Crippen LogP contribution in [0.2, 0.25) is 0 Å². The van der Waals surface area contributed by atoms with Crippen LogP contribution < -0.4 is 0 Å². The zero-order valence-corrected chi connectivity index (χ0v) is 9.10. The van der Waals surface area contributed by atoms with Crippen LogP contribution in [0.1, 0.15) is 0 Å². The van der Waals surface area contributed by atoms with E-state index >= 15 is 0 Å². The maximum atomic E-state index is 10.3. The summed E-state index contributed by atoms with van der Waals surface area (Å²) < 4.78 is 13.6. The number of hydrogen-bond donors (Lipinski definition) is 5. The summed E-state index contributed by atoms with van der Waals surface area (Å²) in [5.41, 5.74) is 0. The van der Waals surface area contributed by atoms with Gasteiger partial charge in [0, 0.05) is 0 Å². The van der Waals surface area contributed by atoms with Gasteiger partial charge in [0.1, 0.15) is 20.2 Å². The van der Waals surface area contributed by atoms with E-state index in [0.717, 1.165) is 0 Å². The van der Waals surface area contributed by atoms with Gasteiger partial charge in [0.2, 0.25) is 0 Å². The molecule has 0 fully saturated rings. The topological polar surface area (TPSA) is 140 Å². The second-order valence-corrected chi connectivity index (χ2v) is 7.09. The van der Waals surface area contributed by atoms with Crippen molar-refractivity contribution in [2.75, 3.05) is 12.3 Å². The van der Waals surface area contributed by atoms with Crippen LogP contribution in [0.25, 0.3) is 0 Å². The first kappa shape index (κ1) is 13.7. The fourth-order valence-corrected chi connectivity index (χ4v) is 3.97. The third-order valence-corrected chi connectivity index (χ3v) is 5.46. The van der Waals surface area contributed by atoms with Gasteiger partial charge < -0.3 is 19.6 Å². The quantitative estimate of drug-likeness (QED) is 0.267. The first-order chi connectivity index (χ1) is 5.85. The van der Waals surface area contributed by atoms with Crippen LogP contribution in [0.15, 0.2) is 4.52 Å². The number of rotatable bonds is 5. The Labute approximate surface area is 75.7 Å². The summed E-state index contributed by atoms with van der Waals surface area (Å²) in [6, 6.07) is 0. The van der Waals surface area contributed by atoms with Crippen molar-refractivity contribution in [3.05, 3.63) is 0 Å². The van der Waals surface area contributed by atoms with Gasteiger partial charge in [-0.2, -0.15) is 0 Å². The average molecular weight is 253 g/mol. The molecule has 0 amide bonds. The van der Waals surface area contributed by atoms with Crippen molar-refractivity contribution in [1.29, 1.82) is 0 Å². The van der Waals surface area contributed by atoms with Gasteiger partial charge in [-0.25, -0.2) is 9.40 Å². The Hall–Kier alpha value is 0.650. The van der Waals surface area contributed by atoms with Gasteiger partial charge >= 0.3 is 7.60 Å². The zero-order valence-electron chi connectivity index (χ0n) is 6.31. The summed E-state index contributed by atoms with van der Waals surface area (Å²) in [5.74, 6) is -0.789. The van der Waals surface area contributed by atoms with E-state index in [1.807, 2.05) is 0 Å². The van der Waals surface area contributed by atoms with Gasteiger partial charge in [-0.3, -0.25) is 9.82 Å². The predicted octanol–water partition coefficient (Wildman–Crippen LogP) is 0.178. The maximum Gasteiger partial charge on any atom is 0.333 e. The van der Waals surface area contributed by atoms with E-state index in [9.17, 15) is 4.57 Å². The fourth-order valence-electron chi connectivity index (χ4n) is 0.416. The van der Waals surface area contributed by atoms with E-state index in [-0.39, 0.29) is 0 Å². The molecule has 0 aromatic heterocycles. The van der Waals surface area contributed by atoms with Gasteiger partial charge in [-0.15, -0.1) is 0 Å². The average Bonchev–Trinajstić information content (AvgIpc) is 1.81. The lowest BCUT2D eigenvalue weighted by molar-refractivity contribution is -0.224. The zero-order chi connectivity index (χ0) is 10.5. The molecule has 0 spiro atoms. The van der Waals surface area contributed by atoms with Gasteiger partial charge in [0.25, 0.3) is 0 Å². The normalized spacial score (nSPS) is 17.3. The van der Waals surface area contributed by atoms with Crippen molar-refractivity contribution >= 4 is 23.8 Å². The standard InChI is InChI=1S/C2H10NO7P3/c4-10-1-11(5)3-12(6)2-13(7,8)9/h4,6,11H,1-2H2,(H,3,5)(H2,7,8,9). The Morgan fingerprint density at radius 2 is 2.08 bits per heavy atom. The molecule has 0 radical (unpaired) electrons. The molecule has 0 aliphatic rings. The van der Waals surface area contributed by atoms with E-state index < -0.39 is 36.1 Å². The van der Waals surface area contributed by atoms with Gasteiger partial charge in [0.05, 0.1) is 0 Å². The molecule has 0 aromatic rings. The van der Waals surface area contributed by atoms with Crippen LogP contribution >= 0.6 is 23.8 Å². The summed E-state index contributed by atoms with van der Waals surface area (Å²) in [5, 5.41) is 7.86. The highest BCUT2D eigenvalue weighted by molar-refractivity contribution is 7.70. The number of nitrogens with zero attached hydrogens (tertiary/aromatic N) is 1. The van der Waals surface area contributed by atoms with Crippen LogP contribution in [0, 0.1) is 0 Å². The summed E-state index contributed by atoms with van der Waals surface area (Å²) in [6.07, 6.45) is -0.453. The molecule has 5 N–H and O–H groups in total. The number of hydrogen-bond acceptors (Lipinski definition) is 5. The smallest absolute Gasteiger partial charge is 0.333 e. The van der Waals surface area contributed by atoms with Crippen LogP contribution in [0.5, 0.6) is 0 Å². The Balaban J connectivity index is 4.06. The molecule has 2 atom stereocenters. The van der Waals surface area contributed by atoms with Gasteiger partial charge in [0.15, 0.2) is 8.30 Å². The van der Waals surface area contributed by atoms with Crippen LogP contribution in [-0.2, 0) is 9.45 Å². The molecule has 80 valence electrons. The molecule has 2 unspecified atom stereocenters. The first-order valence-electron chi connectivity index (χ1n) is 2.89. The van der Waals surface area contributed by atoms with Crippen molar-refractivity contribution < 1.29 is 34.3 Å². The molecule has 0 aliphatic heterocycles. The molecule has 0 aromatic carbocycles. The van der Waals surface area contributed by atoms with E-state index in [0.29, 0.717) is 0 Å². The first-order valence-corrected chi connectivity index (χ1v) is 7.72. The van der Waals surface area contributed by atoms with E-state index in [1.165, 1.54) is 0 Å². The second-order valence-electron chi connectivity index (χ2n) is 1.97. The summed E-state index contributed by atoms with van der Waals surface area (Å²) in [6.45, 7) is 0. The van der Waals surface area contributed by atoms with Crippen molar-refractivity contribution in [1.82, 2.24) is 0 Å². The molecular weight excluding hydrogens is 243 g/mol. The summed E-state index contributed by atoms with van der Waals surface area (Å²) in [7, 11) is -8.99. The van der Waals surface area contributed by atoms with E-state index in [2.05, 4.69) is 9.40 Å². The van der Waals surface area contributed by atoms with Crippen molar-refractivity contribution in [2.24, 2.45) is 4.52 Å². The molecule has 13 heavy (non-hydrogen) atoms.